The molecule has 0 bridgehead atoms. The third-order valence-electron chi connectivity index (χ3n) is 4.32. The van der Waals surface area contributed by atoms with Crippen molar-refractivity contribution < 1.29 is 0 Å². The summed E-state index contributed by atoms with van der Waals surface area (Å²) in [6, 6.07) is 15.2. The van der Waals surface area contributed by atoms with Crippen LogP contribution in [0, 0.1) is 0 Å². The smallest absolute Gasteiger partial charge is 0.0551 e. The molecule has 0 spiro atoms. The van der Waals surface area contributed by atoms with E-state index in [-0.39, 0.29) is 0 Å². The van der Waals surface area contributed by atoms with Crippen LogP contribution < -0.4 is 5.32 Å². The van der Waals surface area contributed by atoms with E-state index in [1.54, 1.807) is 0 Å². The summed E-state index contributed by atoms with van der Waals surface area (Å²) >= 11 is 0. The normalized spacial score (nSPS) is 16.1. The molecule has 1 aliphatic carbocycles. The van der Waals surface area contributed by atoms with Gasteiger partial charge in [-0.3, -0.25) is 4.98 Å². The highest BCUT2D eigenvalue weighted by molar-refractivity contribution is 5.27. The fourth-order valence-electron chi connectivity index (χ4n) is 3.14. The van der Waals surface area contributed by atoms with Crippen LogP contribution in [-0.4, -0.2) is 11.5 Å². The molecule has 1 aromatic carbocycles. The molecule has 2 heteroatoms. The second-order valence-electron chi connectivity index (χ2n) is 5.93. The molecule has 0 amide bonds. The summed E-state index contributed by atoms with van der Waals surface area (Å²) in [5.74, 6) is 0. The lowest BCUT2D eigenvalue weighted by molar-refractivity contribution is 0.549. The van der Waals surface area contributed by atoms with Crippen LogP contribution in [0.3, 0.4) is 0 Å². The van der Waals surface area contributed by atoms with Gasteiger partial charge in [0, 0.05) is 18.9 Å². The van der Waals surface area contributed by atoms with Crippen molar-refractivity contribution in [3.63, 3.8) is 0 Å². The van der Waals surface area contributed by atoms with E-state index in [0.717, 1.165) is 13.0 Å². The van der Waals surface area contributed by atoms with Crippen LogP contribution in [-0.2, 0) is 6.42 Å². The zero-order chi connectivity index (χ0) is 15.0. The molecule has 1 atom stereocenters. The number of hydrogen-bond acceptors (Lipinski definition) is 2. The van der Waals surface area contributed by atoms with E-state index >= 15 is 0 Å². The summed E-state index contributed by atoms with van der Waals surface area (Å²) in [4.78, 5) is 4.30. The Morgan fingerprint density at radius 1 is 1.05 bits per heavy atom. The summed E-state index contributed by atoms with van der Waals surface area (Å²) in [5.41, 5.74) is 4.20. The lowest BCUT2D eigenvalue weighted by Gasteiger charge is -2.25. The predicted molar refractivity (Wildman–Crippen MR) is 91.7 cm³/mol. The molecular formula is C20H24N2. The zero-order valence-electron chi connectivity index (χ0n) is 13.0. The Hall–Kier alpha value is -1.93. The van der Waals surface area contributed by atoms with Gasteiger partial charge in [0.1, 0.15) is 0 Å². The highest BCUT2D eigenvalue weighted by atomic mass is 14.9. The van der Waals surface area contributed by atoms with Crippen molar-refractivity contribution in [1.82, 2.24) is 10.3 Å². The van der Waals surface area contributed by atoms with Gasteiger partial charge in [-0.1, -0.05) is 48.0 Å². The first-order valence-electron chi connectivity index (χ1n) is 8.29. The molecule has 0 fully saturated rings. The fourth-order valence-corrected chi connectivity index (χ4v) is 3.14. The van der Waals surface area contributed by atoms with Gasteiger partial charge in [0.25, 0.3) is 0 Å². The number of nitrogens with one attached hydrogen (secondary N) is 1. The van der Waals surface area contributed by atoms with Crippen molar-refractivity contribution in [3.05, 3.63) is 77.6 Å². The number of nitrogens with zero attached hydrogens (tertiary/aromatic N) is 1. The van der Waals surface area contributed by atoms with Crippen LogP contribution in [0.25, 0.3) is 0 Å². The molecular weight excluding hydrogens is 268 g/mol. The van der Waals surface area contributed by atoms with E-state index in [1.807, 2.05) is 18.5 Å². The summed E-state index contributed by atoms with van der Waals surface area (Å²) in [7, 11) is 0. The lowest BCUT2D eigenvalue weighted by Crippen LogP contribution is -2.26. The number of benzene rings is 1. The van der Waals surface area contributed by atoms with Gasteiger partial charge in [-0.2, -0.15) is 0 Å². The average Bonchev–Trinajstić information content (AvgIpc) is 2.61. The number of allylic oxidation sites excluding steroid dienone is 1. The van der Waals surface area contributed by atoms with Gasteiger partial charge in [0.2, 0.25) is 0 Å². The molecule has 3 rings (SSSR count). The molecule has 0 saturated carbocycles. The molecule has 1 unspecified atom stereocenters. The first kappa shape index (κ1) is 15.0. The van der Waals surface area contributed by atoms with E-state index in [0.29, 0.717) is 6.04 Å². The quantitative estimate of drug-likeness (QED) is 0.795. The topological polar surface area (TPSA) is 24.9 Å². The van der Waals surface area contributed by atoms with Gasteiger partial charge in [-0.05, 0) is 49.3 Å². The largest absolute Gasteiger partial charge is 0.306 e. The summed E-state index contributed by atoms with van der Waals surface area (Å²) in [6.45, 7) is 0.987. The molecule has 1 aliphatic rings. The van der Waals surface area contributed by atoms with Gasteiger partial charge in [0.15, 0.2) is 0 Å². The maximum atomic E-state index is 4.30. The molecule has 1 heterocycles. The average molecular weight is 292 g/mol. The zero-order valence-corrected chi connectivity index (χ0v) is 13.0. The van der Waals surface area contributed by atoms with E-state index in [1.165, 1.54) is 42.4 Å². The minimum absolute atomic E-state index is 0.317. The Bertz CT molecular complexity index is 590. The summed E-state index contributed by atoms with van der Waals surface area (Å²) in [5, 5.41) is 3.75. The SMILES string of the molecule is C1=C(C(NCCc2ccccc2)c2cccnc2)CCCC1. The second kappa shape index (κ2) is 7.90. The van der Waals surface area contributed by atoms with E-state index in [4.69, 9.17) is 0 Å². The van der Waals surface area contributed by atoms with E-state index in [2.05, 4.69) is 52.8 Å². The third-order valence-corrected chi connectivity index (χ3v) is 4.32. The molecule has 2 nitrogen and oxygen atoms in total. The van der Waals surface area contributed by atoms with Crippen molar-refractivity contribution in [1.29, 1.82) is 0 Å². The maximum absolute atomic E-state index is 4.30. The number of aromatic nitrogens is 1. The minimum atomic E-state index is 0.317. The highest BCUT2D eigenvalue weighted by Crippen LogP contribution is 2.29. The van der Waals surface area contributed by atoms with Crippen LogP contribution in [0.15, 0.2) is 66.5 Å². The van der Waals surface area contributed by atoms with E-state index < -0.39 is 0 Å². The van der Waals surface area contributed by atoms with Crippen LogP contribution in [0.2, 0.25) is 0 Å². The Morgan fingerprint density at radius 3 is 2.68 bits per heavy atom. The Morgan fingerprint density at radius 2 is 1.95 bits per heavy atom. The first-order valence-corrected chi connectivity index (χ1v) is 8.29. The fraction of sp³-hybridized carbons (Fsp3) is 0.350. The standard InChI is InChI=1S/C20H24N2/c1-3-8-17(9-4-1)13-15-22-20(18-10-5-2-6-11-18)19-12-7-14-21-16-19/h1,3-4,7-10,12,14,16,20,22H,2,5-6,11,13,15H2. The van der Waals surface area contributed by atoms with Crippen molar-refractivity contribution in [2.45, 2.75) is 38.1 Å². The van der Waals surface area contributed by atoms with Gasteiger partial charge in [0.05, 0.1) is 6.04 Å². The molecule has 114 valence electrons. The summed E-state index contributed by atoms with van der Waals surface area (Å²) in [6.07, 6.45) is 12.4. The first-order chi connectivity index (χ1) is 10.9. The Labute approximate surface area is 133 Å². The molecule has 1 aromatic heterocycles. The van der Waals surface area contributed by atoms with Gasteiger partial charge in [-0.15, -0.1) is 0 Å². The maximum Gasteiger partial charge on any atom is 0.0551 e. The van der Waals surface area contributed by atoms with Gasteiger partial charge < -0.3 is 5.32 Å². The van der Waals surface area contributed by atoms with Crippen molar-refractivity contribution in [2.75, 3.05) is 6.54 Å². The van der Waals surface area contributed by atoms with Crippen molar-refractivity contribution in [2.24, 2.45) is 0 Å². The van der Waals surface area contributed by atoms with Crippen LogP contribution >= 0.6 is 0 Å². The Balaban J connectivity index is 1.67. The molecule has 0 aliphatic heterocycles. The van der Waals surface area contributed by atoms with Crippen molar-refractivity contribution >= 4 is 0 Å². The minimum Gasteiger partial charge on any atom is -0.306 e. The Kier molecular flexibility index (Phi) is 5.38. The van der Waals surface area contributed by atoms with Gasteiger partial charge >= 0.3 is 0 Å². The van der Waals surface area contributed by atoms with Crippen molar-refractivity contribution in [3.8, 4) is 0 Å². The molecule has 1 N–H and O–H groups in total. The van der Waals surface area contributed by atoms with E-state index in [9.17, 15) is 0 Å². The number of pyridine rings is 1. The monoisotopic (exact) mass is 292 g/mol. The predicted octanol–water partition coefficient (Wildman–Crippen LogP) is 4.46. The third kappa shape index (κ3) is 4.05. The van der Waals surface area contributed by atoms with Crippen LogP contribution in [0.5, 0.6) is 0 Å². The van der Waals surface area contributed by atoms with Crippen LogP contribution in [0.4, 0.5) is 0 Å². The van der Waals surface area contributed by atoms with Crippen LogP contribution in [0.1, 0.15) is 42.9 Å². The number of rotatable bonds is 6. The lowest BCUT2D eigenvalue weighted by atomic mass is 9.90. The van der Waals surface area contributed by atoms with Gasteiger partial charge in [-0.25, -0.2) is 0 Å². The number of hydrogen-bond donors (Lipinski definition) is 1. The molecule has 0 saturated heterocycles. The highest BCUT2D eigenvalue weighted by Gasteiger charge is 2.17. The molecule has 2 aromatic rings. The second-order valence-corrected chi connectivity index (χ2v) is 5.93. The molecule has 22 heavy (non-hydrogen) atoms. The molecule has 0 radical (unpaired) electrons. The summed E-state index contributed by atoms with van der Waals surface area (Å²) < 4.78 is 0.